The van der Waals surface area contributed by atoms with Gasteiger partial charge in [-0.25, -0.2) is 0 Å². The van der Waals surface area contributed by atoms with E-state index in [0.717, 1.165) is 60.8 Å². The summed E-state index contributed by atoms with van der Waals surface area (Å²) in [5.74, 6) is -0.554. The Bertz CT molecular complexity index is 1870. The first kappa shape index (κ1) is 48.6. The van der Waals surface area contributed by atoms with Crippen LogP contribution in [0.3, 0.4) is 0 Å². The van der Waals surface area contributed by atoms with Crippen LogP contribution >= 0.6 is 0 Å². The zero-order valence-corrected chi connectivity index (χ0v) is 37.8. The summed E-state index contributed by atoms with van der Waals surface area (Å²) in [7, 11) is 3.63. The van der Waals surface area contributed by atoms with Crippen LogP contribution in [0.5, 0.6) is 0 Å². The Morgan fingerprint density at radius 2 is 1.89 bits per heavy atom. The van der Waals surface area contributed by atoms with E-state index in [1.54, 1.807) is 7.11 Å². The number of fused-ring (bicyclic) bond motifs is 2. The summed E-state index contributed by atoms with van der Waals surface area (Å²) in [5, 5.41) is 54.9. The highest BCUT2D eigenvalue weighted by molar-refractivity contribution is 5.74. The maximum atomic E-state index is 12.9. The van der Waals surface area contributed by atoms with Crippen molar-refractivity contribution in [2.45, 2.75) is 128 Å². The van der Waals surface area contributed by atoms with Crippen LogP contribution in [0.25, 0.3) is 0 Å². The van der Waals surface area contributed by atoms with E-state index in [-0.39, 0.29) is 24.0 Å². The largest absolute Gasteiger partial charge is 0.396 e. The molecule has 8 atom stereocenters. The molecule has 1 aliphatic heterocycles. The first-order valence-corrected chi connectivity index (χ1v) is 22.9. The Labute approximate surface area is 367 Å². The fourth-order valence-corrected chi connectivity index (χ4v) is 11.0. The topological polar surface area (TPSA) is 131 Å². The Morgan fingerprint density at radius 1 is 1.11 bits per heavy atom. The molecule has 8 nitrogen and oxygen atoms in total. The Morgan fingerprint density at radius 3 is 2.61 bits per heavy atom. The summed E-state index contributed by atoms with van der Waals surface area (Å²) in [4.78, 5) is 12.3. The molecule has 1 heterocycles. The number of ether oxygens (including phenoxy) is 1. The lowest BCUT2D eigenvalue weighted by Crippen LogP contribution is -2.61. The standard InChI is InChI=1S/C53H76N2O6/c1-38-20-22-44(34-42-16-11-17-43(33-42)35-51(4,55-36-38)29-32-61-6)39(2)13-10-18-46(49(58)23-21-41-14-8-7-9-15-41)47-25-27-53(50(47)59)48(19-12-31-56)45(40(3)37-57)24-26-52(53,60)28-30-54-5/h7-11,13-18,20,33,37,44,47-50,54-56,58-60H,2,12,19,21-32,34-36H2,1,3-6H3. The van der Waals surface area contributed by atoms with Crippen LogP contribution in [-0.4, -0.2) is 90.5 Å². The van der Waals surface area contributed by atoms with Gasteiger partial charge in [0.05, 0.1) is 17.8 Å². The van der Waals surface area contributed by atoms with Gasteiger partial charge < -0.3 is 35.8 Å². The predicted octanol–water partition coefficient (Wildman–Crippen LogP) is 7.95. The van der Waals surface area contributed by atoms with Crippen LogP contribution in [0.4, 0.5) is 0 Å². The highest BCUT2D eigenvalue weighted by atomic mass is 16.5. The zero-order chi connectivity index (χ0) is 44.0. The molecule has 0 radical (unpaired) electrons. The molecule has 6 N–H and O–H groups in total. The first-order valence-electron chi connectivity index (χ1n) is 22.9. The summed E-state index contributed by atoms with van der Waals surface area (Å²) in [6.07, 6.45) is 15.8. The molecule has 8 heteroatoms. The number of benzene rings is 2. The number of aldehydes is 1. The second-order valence-electron chi connectivity index (χ2n) is 18.7. The van der Waals surface area contributed by atoms with Crippen molar-refractivity contribution in [2.24, 2.45) is 23.2 Å². The number of aliphatic hydroxyl groups excluding tert-OH is 3. The third-order valence-corrected chi connectivity index (χ3v) is 14.6. The van der Waals surface area contributed by atoms with Gasteiger partial charge in [-0.2, -0.15) is 0 Å². The number of aliphatic hydroxyl groups is 4. The molecule has 1 spiro atoms. The molecule has 2 aromatic carbocycles. The third kappa shape index (κ3) is 12.0. The summed E-state index contributed by atoms with van der Waals surface area (Å²) < 4.78 is 5.48. The molecule has 2 aromatic rings. The van der Waals surface area contributed by atoms with Gasteiger partial charge in [0.1, 0.15) is 6.29 Å². The molecule has 2 aliphatic carbocycles. The lowest BCUT2D eigenvalue weighted by Gasteiger charge is -2.57. The molecular weight excluding hydrogens is 761 g/mol. The van der Waals surface area contributed by atoms with Crippen molar-refractivity contribution in [3.63, 3.8) is 0 Å². The minimum Gasteiger partial charge on any atom is -0.396 e. The van der Waals surface area contributed by atoms with E-state index < -0.39 is 29.1 Å². The van der Waals surface area contributed by atoms with Crippen molar-refractivity contribution in [1.82, 2.24) is 10.6 Å². The number of rotatable bonds is 18. The van der Waals surface area contributed by atoms with Crippen molar-refractivity contribution < 1.29 is 30.0 Å². The van der Waals surface area contributed by atoms with E-state index in [0.29, 0.717) is 76.5 Å². The lowest BCUT2D eigenvalue weighted by atomic mass is 9.51. The van der Waals surface area contributed by atoms with Crippen molar-refractivity contribution in [2.75, 3.05) is 40.5 Å². The number of nitrogens with one attached hydrogen (secondary N) is 2. The van der Waals surface area contributed by atoms with Crippen molar-refractivity contribution in [3.05, 3.63) is 130 Å². The number of methoxy groups -OCH3 is 1. The molecule has 2 bridgehead atoms. The van der Waals surface area contributed by atoms with Crippen molar-refractivity contribution in [3.8, 4) is 0 Å². The average molecular weight is 837 g/mol. The number of aryl methyl sites for hydroxylation is 1. The van der Waals surface area contributed by atoms with Gasteiger partial charge in [0.15, 0.2) is 0 Å². The number of carbonyl (C=O) groups is 1. The maximum absolute atomic E-state index is 12.9. The quantitative estimate of drug-likeness (QED) is 0.0387. The van der Waals surface area contributed by atoms with E-state index in [9.17, 15) is 25.2 Å². The van der Waals surface area contributed by atoms with Crippen LogP contribution in [-0.2, 0) is 28.8 Å². The van der Waals surface area contributed by atoms with Gasteiger partial charge in [0, 0.05) is 43.7 Å². The highest BCUT2D eigenvalue weighted by Crippen LogP contribution is 2.64. The maximum Gasteiger partial charge on any atom is 0.145 e. The second-order valence-corrected chi connectivity index (χ2v) is 18.7. The molecule has 0 amide bonds. The number of carbonyl (C=O) groups excluding carboxylic acids is 1. The number of allylic oxidation sites excluding steroid dienone is 7. The highest BCUT2D eigenvalue weighted by Gasteiger charge is 2.65. The molecule has 3 aliphatic rings. The molecule has 334 valence electrons. The minimum atomic E-state index is -1.21. The first-order chi connectivity index (χ1) is 29.3. The van der Waals surface area contributed by atoms with Gasteiger partial charge >= 0.3 is 0 Å². The number of hydrogen-bond acceptors (Lipinski definition) is 8. The Balaban J connectivity index is 1.50. The SMILES string of the molecule is C=C(C=CC=C(C(O)CCc1ccccc1)C1CCC2(C(CCCO)C(=C(C)C=O)CCC2(O)CCNC)C1O)C1CC=C(C)CNC(C)(CCOC)Cc2cccc(c2)C1. The molecule has 5 rings (SSSR count). The molecule has 61 heavy (non-hydrogen) atoms. The smallest absolute Gasteiger partial charge is 0.145 e. The van der Waals surface area contributed by atoms with E-state index in [1.165, 1.54) is 16.7 Å². The van der Waals surface area contributed by atoms with Gasteiger partial charge in [0.25, 0.3) is 0 Å². The van der Waals surface area contributed by atoms with Crippen LogP contribution in [0.1, 0.15) is 102 Å². The van der Waals surface area contributed by atoms with Crippen LogP contribution < -0.4 is 10.6 Å². The Hall–Kier alpha value is -3.47. The van der Waals surface area contributed by atoms with Crippen molar-refractivity contribution >= 4 is 6.29 Å². The molecular formula is C53H76N2O6. The summed E-state index contributed by atoms with van der Waals surface area (Å²) in [6.45, 7) is 13.0. The fraction of sp³-hybridized carbons (Fsp3) is 0.566. The van der Waals surface area contributed by atoms with Gasteiger partial charge in [-0.15, -0.1) is 0 Å². The van der Waals surface area contributed by atoms with Crippen LogP contribution in [0.15, 0.2) is 113 Å². The third-order valence-electron chi connectivity index (χ3n) is 14.6. The molecule has 2 fully saturated rings. The van der Waals surface area contributed by atoms with Crippen LogP contribution in [0, 0.1) is 23.2 Å². The Kier molecular flexibility index (Phi) is 18.1. The van der Waals surface area contributed by atoms with Gasteiger partial charge in [-0.3, -0.25) is 4.79 Å². The monoisotopic (exact) mass is 837 g/mol. The summed E-state index contributed by atoms with van der Waals surface area (Å²) in [5.41, 5.74) is 6.12. The minimum absolute atomic E-state index is 0.0144. The van der Waals surface area contributed by atoms with Gasteiger partial charge in [0.2, 0.25) is 0 Å². The molecule has 8 unspecified atom stereocenters. The number of hydrogen-bond donors (Lipinski definition) is 6. The van der Waals surface area contributed by atoms with E-state index in [4.69, 9.17) is 4.74 Å². The lowest BCUT2D eigenvalue weighted by molar-refractivity contribution is -0.181. The average Bonchev–Trinajstić information content (AvgIpc) is 3.60. The summed E-state index contributed by atoms with van der Waals surface area (Å²) >= 11 is 0. The van der Waals surface area contributed by atoms with Gasteiger partial charge in [-0.1, -0.05) is 102 Å². The van der Waals surface area contributed by atoms with E-state index >= 15 is 0 Å². The normalized spacial score (nSPS) is 30.1. The molecule has 0 saturated heterocycles. The predicted molar refractivity (Wildman–Crippen MR) is 248 cm³/mol. The molecule has 0 aromatic heterocycles. The zero-order valence-electron chi connectivity index (χ0n) is 37.8. The second kappa shape index (κ2) is 22.8. The van der Waals surface area contributed by atoms with E-state index in [2.05, 4.69) is 79.6 Å². The van der Waals surface area contributed by atoms with Gasteiger partial charge in [-0.05, 0) is 158 Å². The fourth-order valence-electron chi connectivity index (χ4n) is 11.0. The van der Waals surface area contributed by atoms with E-state index in [1.807, 2.05) is 44.3 Å². The molecule has 2 saturated carbocycles. The summed E-state index contributed by atoms with van der Waals surface area (Å²) in [6, 6.07) is 19.1. The van der Waals surface area contributed by atoms with Crippen molar-refractivity contribution in [1.29, 1.82) is 0 Å². The van der Waals surface area contributed by atoms with Crippen LogP contribution in [0.2, 0.25) is 0 Å².